The lowest BCUT2D eigenvalue weighted by Gasteiger charge is -2.26. The SMILES string of the molecule is C=C1C(Sc2ccc(CC(C)(C)F)cc2)=NC=CN1c1ccc(CCC(C)(C)C)c(C#N)c1. The largest absolute Gasteiger partial charge is 0.314 e. The van der Waals surface area contributed by atoms with Gasteiger partial charge in [-0.15, -0.1) is 0 Å². The van der Waals surface area contributed by atoms with Gasteiger partial charge in [0.15, 0.2) is 0 Å². The number of thioether (sulfide) groups is 1. The Kier molecular flexibility index (Phi) is 7.49. The summed E-state index contributed by atoms with van der Waals surface area (Å²) in [6.07, 6.45) is 5.89. The van der Waals surface area contributed by atoms with Gasteiger partial charge in [-0.1, -0.05) is 57.3 Å². The number of alkyl halides is 1. The van der Waals surface area contributed by atoms with Crippen molar-refractivity contribution in [2.75, 3.05) is 4.90 Å². The molecule has 0 unspecified atom stereocenters. The van der Waals surface area contributed by atoms with E-state index in [9.17, 15) is 9.65 Å². The smallest absolute Gasteiger partial charge is 0.124 e. The van der Waals surface area contributed by atoms with Crippen LogP contribution in [0.4, 0.5) is 10.1 Å². The van der Waals surface area contributed by atoms with Crippen LogP contribution in [0.25, 0.3) is 0 Å². The number of hydrogen-bond acceptors (Lipinski definition) is 4. The summed E-state index contributed by atoms with van der Waals surface area (Å²) in [4.78, 5) is 7.49. The molecule has 0 saturated heterocycles. The summed E-state index contributed by atoms with van der Waals surface area (Å²) in [6.45, 7) is 14.1. The predicted molar refractivity (Wildman–Crippen MR) is 138 cm³/mol. The lowest BCUT2D eigenvalue weighted by molar-refractivity contribution is 0.217. The molecule has 1 heterocycles. The van der Waals surface area contributed by atoms with E-state index in [-0.39, 0.29) is 5.41 Å². The summed E-state index contributed by atoms with van der Waals surface area (Å²) in [5, 5.41) is 10.5. The van der Waals surface area contributed by atoms with Crippen molar-refractivity contribution in [1.82, 2.24) is 0 Å². The van der Waals surface area contributed by atoms with Crippen LogP contribution in [0.5, 0.6) is 0 Å². The minimum absolute atomic E-state index is 0.220. The van der Waals surface area contributed by atoms with Crippen LogP contribution in [0.1, 0.15) is 57.7 Å². The van der Waals surface area contributed by atoms with E-state index >= 15 is 0 Å². The summed E-state index contributed by atoms with van der Waals surface area (Å²) in [5.74, 6) is 0. The Morgan fingerprint density at radius 1 is 1.09 bits per heavy atom. The van der Waals surface area contributed by atoms with Crippen LogP contribution in [-0.4, -0.2) is 10.7 Å². The number of nitrogens with zero attached hydrogens (tertiary/aromatic N) is 3. The molecule has 1 aliphatic heterocycles. The molecule has 1 aliphatic rings. The predicted octanol–water partition coefficient (Wildman–Crippen LogP) is 7.82. The molecule has 2 aromatic rings. The standard InChI is InChI=1S/C28H32FN3S/c1-20-26(33-25-11-7-21(8-12-25)18-28(5,6)29)31-15-16-32(20)24-10-9-22(23(17-24)19-30)13-14-27(2,3)4/h7-12,15-17H,1,13-14,18H2,2-6H3. The Balaban J connectivity index is 1.73. The molecule has 0 aromatic heterocycles. The van der Waals surface area contributed by atoms with Crippen LogP contribution >= 0.6 is 11.8 Å². The minimum atomic E-state index is -1.23. The van der Waals surface area contributed by atoms with Gasteiger partial charge in [-0.3, -0.25) is 0 Å². The molecule has 0 amide bonds. The van der Waals surface area contributed by atoms with Crippen LogP contribution in [0.3, 0.4) is 0 Å². The Labute approximate surface area is 201 Å². The summed E-state index contributed by atoms with van der Waals surface area (Å²) in [7, 11) is 0. The maximum Gasteiger partial charge on any atom is 0.124 e. The third-order valence-corrected chi connectivity index (χ3v) is 6.39. The summed E-state index contributed by atoms with van der Waals surface area (Å²) in [5.41, 5.74) is 3.37. The Morgan fingerprint density at radius 3 is 2.39 bits per heavy atom. The maximum atomic E-state index is 13.9. The lowest BCUT2D eigenvalue weighted by Crippen LogP contribution is -2.22. The molecule has 3 nitrogen and oxygen atoms in total. The highest BCUT2D eigenvalue weighted by Crippen LogP contribution is 2.32. The highest BCUT2D eigenvalue weighted by molar-refractivity contribution is 8.14. The fourth-order valence-electron chi connectivity index (χ4n) is 3.58. The van der Waals surface area contributed by atoms with E-state index in [0.29, 0.717) is 12.0 Å². The monoisotopic (exact) mass is 461 g/mol. The summed E-state index contributed by atoms with van der Waals surface area (Å²) < 4.78 is 13.9. The molecule has 2 aromatic carbocycles. The van der Waals surface area contributed by atoms with E-state index < -0.39 is 5.67 Å². The van der Waals surface area contributed by atoms with E-state index in [1.54, 1.807) is 20.0 Å². The Morgan fingerprint density at radius 2 is 1.79 bits per heavy atom. The zero-order valence-corrected chi connectivity index (χ0v) is 21.0. The van der Waals surface area contributed by atoms with Gasteiger partial charge < -0.3 is 4.90 Å². The van der Waals surface area contributed by atoms with E-state index in [4.69, 9.17) is 0 Å². The number of aryl methyl sites for hydroxylation is 1. The molecule has 0 fully saturated rings. The average molecular weight is 462 g/mol. The number of hydrogen-bond donors (Lipinski definition) is 0. The quantitative estimate of drug-likeness (QED) is 0.440. The van der Waals surface area contributed by atoms with Gasteiger partial charge >= 0.3 is 0 Å². The second-order valence-corrected chi connectivity index (χ2v) is 11.3. The number of aliphatic imine (C=N–C) groups is 1. The fraction of sp³-hybridized carbons (Fsp3) is 0.357. The highest BCUT2D eigenvalue weighted by atomic mass is 32.2. The molecule has 3 rings (SSSR count). The lowest BCUT2D eigenvalue weighted by atomic mass is 9.87. The van der Waals surface area contributed by atoms with Crippen molar-refractivity contribution < 1.29 is 4.39 Å². The van der Waals surface area contributed by atoms with Gasteiger partial charge in [-0.05, 0) is 67.5 Å². The van der Waals surface area contributed by atoms with E-state index in [1.807, 2.05) is 53.6 Å². The van der Waals surface area contributed by atoms with Crippen molar-refractivity contribution in [3.8, 4) is 6.07 Å². The molecule has 0 saturated carbocycles. The second-order valence-electron chi connectivity index (χ2n) is 10.2. The zero-order chi connectivity index (χ0) is 24.2. The highest BCUT2D eigenvalue weighted by Gasteiger charge is 2.20. The van der Waals surface area contributed by atoms with Crippen molar-refractivity contribution in [2.45, 2.75) is 64.4 Å². The number of halogens is 1. The molecule has 0 spiro atoms. The van der Waals surface area contributed by atoms with Gasteiger partial charge in [0, 0.05) is 29.4 Å². The molecule has 33 heavy (non-hydrogen) atoms. The normalized spacial score (nSPS) is 14.3. The van der Waals surface area contributed by atoms with Crippen molar-refractivity contribution in [1.29, 1.82) is 5.26 Å². The topological polar surface area (TPSA) is 39.4 Å². The van der Waals surface area contributed by atoms with E-state index in [1.165, 1.54) is 11.8 Å². The number of rotatable bonds is 6. The first-order chi connectivity index (χ1) is 15.4. The number of nitriles is 1. The molecule has 5 heteroatoms. The Hall–Kier alpha value is -2.84. The molecular formula is C28H32FN3S. The first kappa shape index (κ1) is 24.8. The molecular weight excluding hydrogens is 429 g/mol. The van der Waals surface area contributed by atoms with Gasteiger partial charge in [-0.2, -0.15) is 5.26 Å². The van der Waals surface area contributed by atoms with Gasteiger partial charge in [-0.25, -0.2) is 9.38 Å². The summed E-state index contributed by atoms with van der Waals surface area (Å²) in [6, 6.07) is 16.3. The third kappa shape index (κ3) is 7.07. The van der Waals surface area contributed by atoms with Crippen molar-refractivity contribution >= 4 is 22.5 Å². The van der Waals surface area contributed by atoms with Crippen LogP contribution in [0.2, 0.25) is 0 Å². The van der Waals surface area contributed by atoms with Crippen molar-refractivity contribution in [3.63, 3.8) is 0 Å². The molecule has 0 atom stereocenters. The maximum absolute atomic E-state index is 13.9. The van der Waals surface area contributed by atoms with Gasteiger partial charge in [0.25, 0.3) is 0 Å². The van der Waals surface area contributed by atoms with Crippen LogP contribution in [-0.2, 0) is 12.8 Å². The first-order valence-corrected chi connectivity index (χ1v) is 12.0. The zero-order valence-electron chi connectivity index (χ0n) is 20.2. The Bertz CT molecular complexity index is 1110. The van der Waals surface area contributed by atoms with Gasteiger partial charge in [0.2, 0.25) is 0 Å². The van der Waals surface area contributed by atoms with Crippen LogP contribution < -0.4 is 4.90 Å². The molecule has 172 valence electrons. The van der Waals surface area contributed by atoms with Gasteiger partial charge in [0.05, 0.1) is 17.3 Å². The third-order valence-electron chi connectivity index (χ3n) is 5.34. The molecule has 0 aliphatic carbocycles. The molecule has 0 bridgehead atoms. The van der Waals surface area contributed by atoms with Gasteiger partial charge in [0.1, 0.15) is 10.7 Å². The fourth-order valence-corrected chi connectivity index (χ4v) is 4.41. The summed E-state index contributed by atoms with van der Waals surface area (Å²) >= 11 is 1.52. The minimum Gasteiger partial charge on any atom is -0.314 e. The first-order valence-electron chi connectivity index (χ1n) is 11.2. The second kappa shape index (κ2) is 9.97. The number of anilines is 1. The van der Waals surface area contributed by atoms with E-state index in [2.05, 4.69) is 38.4 Å². The average Bonchev–Trinajstić information content (AvgIpc) is 2.73. The van der Waals surface area contributed by atoms with Crippen LogP contribution in [0.15, 0.2) is 77.0 Å². The molecule has 0 radical (unpaired) electrons. The van der Waals surface area contributed by atoms with E-state index in [0.717, 1.165) is 45.3 Å². The number of benzene rings is 2. The van der Waals surface area contributed by atoms with Crippen molar-refractivity contribution in [2.24, 2.45) is 10.4 Å². The van der Waals surface area contributed by atoms with Crippen molar-refractivity contribution in [3.05, 3.63) is 83.8 Å². The van der Waals surface area contributed by atoms with Crippen LogP contribution in [0, 0.1) is 16.7 Å². The molecule has 0 N–H and O–H groups in total.